The Kier molecular flexibility index (Phi) is 4.57. The lowest BCUT2D eigenvalue weighted by Crippen LogP contribution is -2.33. The minimum Gasteiger partial charge on any atom is -0.330 e. The van der Waals surface area contributed by atoms with Crippen LogP contribution in [0, 0.1) is 11.8 Å². The van der Waals surface area contributed by atoms with Crippen LogP contribution in [-0.2, 0) is 4.79 Å². The van der Waals surface area contributed by atoms with Gasteiger partial charge in [0.1, 0.15) is 0 Å². The number of nitrogens with two attached hydrogens (primary N) is 1. The van der Waals surface area contributed by atoms with E-state index >= 15 is 0 Å². The fourth-order valence-corrected chi connectivity index (χ4v) is 2.37. The highest BCUT2D eigenvalue weighted by Crippen LogP contribution is 2.28. The monoisotopic (exact) mass is 291 g/mol. The molecule has 20 heavy (non-hydrogen) atoms. The zero-order chi connectivity index (χ0) is 14.7. The van der Waals surface area contributed by atoms with Gasteiger partial charge < -0.3 is 11.1 Å². The number of aromatic nitrogens is 1. The first-order chi connectivity index (χ1) is 9.54. The van der Waals surface area contributed by atoms with Crippen molar-refractivity contribution in [3.8, 4) is 0 Å². The van der Waals surface area contributed by atoms with Gasteiger partial charge in [0.25, 0.3) is 0 Å². The number of rotatable bonds is 4. The Morgan fingerprint density at radius 3 is 2.80 bits per heavy atom. The average Bonchev–Trinajstić information content (AvgIpc) is 2.42. The first-order valence-corrected chi connectivity index (χ1v) is 6.96. The third-order valence-electron chi connectivity index (χ3n) is 3.37. The number of anilines is 1. The summed E-state index contributed by atoms with van der Waals surface area (Å²) in [4.78, 5) is 16.5. The predicted octanol–water partition coefficient (Wildman–Crippen LogP) is 3.06. The van der Waals surface area contributed by atoms with Crippen LogP contribution in [0.2, 0.25) is 5.02 Å². The van der Waals surface area contributed by atoms with Gasteiger partial charge >= 0.3 is 0 Å². The Balaban J connectivity index is 2.35. The van der Waals surface area contributed by atoms with Gasteiger partial charge in [-0.25, -0.2) is 0 Å². The summed E-state index contributed by atoms with van der Waals surface area (Å²) in [6.45, 7) is 4.30. The molecule has 1 aromatic carbocycles. The number of carbonyl (C=O) groups excluding carboxylic acids is 1. The van der Waals surface area contributed by atoms with Crippen molar-refractivity contribution in [1.82, 2.24) is 4.98 Å². The SMILES string of the molecule is CC(C)C(CN)C(=O)Nc1ccc(Cl)c2ncccc12. The van der Waals surface area contributed by atoms with Crippen molar-refractivity contribution in [2.24, 2.45) is 17.6 Å². The van der Waals surface area contributed by atoms with Gasteiger partial charge in [-0.1, -0.05) is 25.4 Å². The highest BCUT2D eigenvalue weighted by Gasteiger charge is 2.21. The first-order valence-electron chi connectivity index (χ1n) is 6.58. The lowest BCUT2D eigenvalue weighted by Gasteiger charge is -2.19. The van der Waals surface area contributed by atoms with Crippen LogP contribution in [0.3, 0.4) is 0 Å². The standard InChI is InChI=1S/C15H18ClN3O/c1-9(2)11(8-17)15(20)19-13-6-5-12(16)14-10(13)4-3-7-18-14/h3-7,9,11H,8,17H2,1-2H3,(H,19,20). The van der Waals surface area contributed by atoms with Gasteiger partial charge in [-0.05, 0) is 30.2 Å². The molecule has 3 N–H and O–H groups in total. The van der Waals surface area contributed by atoms with E-state index in [1.54, 1.807) is 18.3 Å². The number of fused-ring (bicyclic) bond motifs is 1. The predicted molar refractivity (Wildman–Crippen MR) is 82.8 cm³/mol. The van der Waals surface area contributed by atoms with Crippen molar-refractivity contribution in [3.63, 3.8) is 0 Å². The van der Waals surface area contributed by atoms with Crippen molar-refractivity contribution in [1.29, 1.82) is 0 Å². The lowest BCUT2D eigenvalue weighted by atomic mass is 9.95. The minimum atomic E-state index is -0.211. The molecule has 0 aliphatic carbocycles. The number of halogens is 1. The lowest BCUT2D eigenvalue weighted by molar-refractivity contribution is -0.120. The molecule has 1 unspecified atom stereocenters. The zero-order valence-corrected chi connectivity index (χ0v) is 12.3. The average molecular weight is 292 g/mol. The van der Waals surface area contributed by atoms with Gasteiger partial charge in [0.2, 0.25) is 5.91 Å². The maximum Gasteiger partial charge on any atom is 0.229 e. The molecule has 0 bridgehead atoms. The molecule has 5 heteroatoms. The smallest absolute Gasteiger partial charge is 0.229 e. The molecular formula is C15H18ClN3O. The molecule has 4 nitrogen and oxygen atoms in total. The number of pyridine rings is 1. The van der Waals surface area contributed by atoms with Gasteiger partial charge in [0.15, 0.2) is 0 Å². The van der Waals surface area contributed by atoms with E-state index in [4.69, 9.17) is 17.3 Å². The van der Waals surface area contributed by atoms with Crippen molar-refractivity contribution in [2.75, 3.05) is 11.9 Å². The second-order valence-electron chi connectivity index (χ2n) is 5.07. The fourth-order valence-electron chi connectivity index (χ4n) is 2.15. The second kappa shape index (κ2) is 6.20. The Morgan fingerprint density at radius 2 is 2.15 bits per heavy atom. The van der Waals surface area contributed by atoms with Crippen molar-refractivity contribution < 1.29 is 4.79 Å². The van der Waals surface area contributed by atoms with Crippen molar-refractivity contribution in [3.05, 3.63) is 35.5 Å². The highest BCUT2D eigenvalue weighted by atomic mass is 35.5. The minimum absolute atomic E-state index is 0.0741. The normalized spacial score (nSPS) is 12.7. The van der Waals surface area contributed by atoms with E-state index in [0.29, 0.717) is 22.8 Å². The number of benzene rings is 1. The molecule has 0 saturated heterocycles. The third kappa shape index (κ3) is 2.92. The fraction of sp³-hybridized carbons (Fsp3) is 0.333. The topological polar surface area (TPSA) is 68.0 Å². The molecule has 1 heterocycles. The number of hydrogen-bond donors (Lipinski definition) is 2. The first kappa shape index (κ1) is 14.8. The van der Waals surface area contributed by atoms with Crippen LogP contribution >= 0.6 is 11.6 Å². The van der Waals surface area contributed by atoms with E-state index in [1.165, 1.54) is 0 Å². The van der Waals surface area contributed by atoms with E-state index in [0.717, 1.165) is 5.39 Å². The Bertz CT molecular complexity index is 628. The summed E-state index contributed by atoms with van der Waals surface area (Å²) in [6, 6.07) is 7.23. The van der Waals surface area contributed by atoms with Crippen LogP contribution in [0.5, 0.6) is 0 Å². The van der Waals surface area contributed by atoms with E-state index in [9.17, 15) is 4.79 Å². The Morgan fingerprint density at radius 1 is 1.40 bits per heavy atom. The molecule has 0 radical (unpaired) electrons. The maximum atomic E-state index is 12.3. The number of hydrogen-bond acceptors (Lipinski definition) is 3. The molecule has 0 aliphatic heterocycles. The molecule has 106 valence electrons. The van der Waals surface area contributed by atoms with Crippen LogP contribution in [0.1, 0.15) is 13.8 Å². The molecule has 1 amide bonds. The summed E-state index contributed by atoms with van der Waals surface area (Å²) in [5.41, 5.74) is 7.06. The number of nitrogens with one attached hydrogen (secondary N) is 1. The van der Waals surface area contributed by atoms with Crippen molar-refractivity contribution in [2.45, 2.75) is 13.8 Å². The number of amides is 1. The summed E-state index contributed by atoms with van der Waals surface area (Å²) in [5.74, 6) is -0.0935. The molecule has 1 aromatic heterocycles. The van der Waals surface area contributed by atoms with Crippen LogP contribution in [0.15, 0.2) is 30.5 Å². The van der Waals surface area contributed by atoms with Gasteiger partial charge in [-0.15, -0.1) is 0 Å². The summed E-state index contributed by atoms with van der Waals surface area (Å²) in [5, 5.41) is 4.32. The summed E-state index contributed by atoms with van der Waals surface area (Å²) >= 11 is 6.11. The number of nitrogens with zero attached hydrogens (tertiary/aromatic N) is 1. The number of carbonyl (C=O) groups is 1. The Labute approximate surface area is 123 Å². The van der Waals surface area contributed by atoms with Gasteiger partial charge in [0, 0.05) is 18.1 Å². The van der Waals surface area contributed by atoms with E-state index in [2.05, 4.69) is 10.3 Å². The van der Waals surface area contributed by atoms with Crippen LogP contribution in [0.25, 0.3) is 10.9 Å². The zero-order valence-electron chi connectivity index (χ0n) is 11.6. The third-order valence-corrected chi connectivity index (χ3v) is 3.68. The molecule has 0 spiro atoms. The maximum absolute atomic E-state index is 12.3. The Hall–Kier alpha value is -1.65. The molecule has 2 rings (SSSR count). The van der Waals surface area contributed by atoms with Crippen molar-refractivity contribution >= 4 is 34.1 Å². The van der Waals surface area contributed by atoms with E-state index in [1.807, 2.05) is 26.0 Å². The second-order valence-corrected chi connectivity index (χ2v) is 5.48. The van der Waals surface area contributed by atoms with Crippen LogP contribution < -0.4 is 11.1 Å². The van der Waals surface area contributed by atoms with Gasteiger partial charge in [0.05, 0.1) is 22.1 Å². The molecule has 1 atom stereocenters. The van der Waals surface area contributed by atoms with Gasteiger partial charge in [-0.3, -0.25) is 9.78 Å². The molecule has 0 aliphatic rings. The van der Waals surface area contributed by atoms with Crippen LogP contribution in [-0.4, -0.2) is 17.4 Å². The summed E-state index contributed by atoms with van der Waals surface area (Å²) in [6.07, 6.45) is 1.68. The summed E-state index contributed by atoms with van der Waals surface area (Å²) < 4.78 is 0. The van der Waals surface area contributed by atoms with E-state index < -0.39 is 0 Å². The molecular weight excluding hydrogens is 274 g/mol. The molecule has 0 fully saturated rings. The highest BCUT2D eigenvalue weighted by molar-refractivity contribution is 6.35. The summed E-state index contributed by atoms with van der Waals surface area (Å²) in [7, 11) is 0. The van der Waals surface area contributed by atoms with Gasteiger partial charge in [-0.2, -0.15) is 0 Å². The van der Waals surface area contributed by atoms with E-state index in [-0.39, 0.29) is 17.7 Å². The largest absolute Gasteiger partial charge is 0.330 e. The quantitative estimate of drug-likeness (QED) is 0.910. The molecule has 0 saturated carbocycles. The molecule has 2 aromatic rings. The van der Waals surface area contributed by atoms with Crippen LogP contribution in [0.4, 0.5) is 5.69 Å².